The van der Waals surface area contributed by atoms with Gasteiger partial charge in [0.05, 0.1) is 13.2 Å². The van der Waals surface area contributed by atoms with E-state index in [1.165, 1.54) is 0 Å². The summed E-state index contributed by atoms with van der Waals surface area (Å²) in [5.41, 5.74) is 0.857. The molecule has 0 aliphatic heterocycles. The zero-order chi connectivity index (χ0) is 10.8. The molecule has 78 valence electrons. The van der Waals surface area contributed by atoms with Gasteiger partial charge in [-0.15, -0.1) is 0 Å². The Morgan fingerprint density at radius 1 is 1.13 bits per heavy atom. The molecule has 0 spiro atoms. The second kappa shape index (κ2) is 3.91. The van der Waals surface area contributed by atoms with Crippen LogP contribution in [0.1, 0.15) is 18.6 Å². The summed E-state index contributed by atoms with van der Waals surface area (Å²) in [5, 5.41) is 11.9. The van der Waals surface area contributed by atoms with Crippen LogP contribution in [0.2, 0.25) is 0 Å². The number of methoxy groups -OCH3 is 1. The number of aliphatic hydroxyl groups excluding tert-OH is 1. The quantitative estimate of drug-likeness (QED) is 0.811. The average molecular weight is 202 g/mol. The number of hydrogen-bond acceptors (Lipinski definition) is 2. The van der Waals surface area contributed by atoms with Gasteiger partial charge in [0, 0.05) is 5.56 Å². The Morgan fingerprint density at radius 3 is 2.53 bits per heavy atom. The minimum absolute atomic E-state index is 0.522. The van der Waals surface area contributed by atoms with Crippen LogP contribution < -0.4 is 4.74 Å². The van der Waals surface area contributed by atoms with Crippen molar-refractivity contribution in [3.63, 3.8) is 0 Å². The van der Waals surface area contributed by atoms with Crippen molar-refractivity contribution < 1.29 is 9.84 Å². The fraction of sp³-hybridized carbons (Fsp3) is 0.231. The Balaban J connectivity index is 2.79. The Labute approximate surface area is 89.1 Å². The predicted molar refractivity (Wildman–Crippen MR) is 61.1 cm³/mol. The van der Waals surface area contributed by atoms with E-state index < -0.39 is 6.10 Å². The molecule has 0 amide bonds. The molecule has 2 aromatic carbocycles. The van der Waals surface area contributed by atoms with Crippen molar-refractivity contribution >= 4 is 10.8 Å². The fourth-order valence-electron chi connectivity index (χ4n) is 1.88. The minimum atomic E-state index is -0.522. The van der Waals surface area contributed by atoms with Crippen LogP contribution >= 0.6 is 0 Å². The summed E-state index contributed by atoms with van der Waals surface area (Å²) >= 11 is 0. The summed E-state index contributed by atoms with van der Waals surface area (Å²) in [6, 6.07) is 11.9. The number of rotatable bonds is 2. The molecule has 0 saturated heterocycles. The molecule has 2 nitrogen and oxygen atoms in total. The highest BCUT2D eigenvalue weighted by atomic mass is 16.5. The van der Waals surface area contributed by atoms with E-state index in [1.54, 1.807) is 14.0 Å². The summed E-state index contributed by atoms with van der Waals surface area (Å²) < 4.78 is 5.25. The van der Waals surface area contributed by atoms with Crippen LogP contribution in [-0.2, 0) is 0 Å². The van der Waals surface area contributed by atoms with E-state index in [-0.39, 0.29) is 0 Å². The summed E-state index contributed by atoms with van der Waals surface area (Å²) in [7, 11) is 1.62. The first-order valence-electron chi connectivity index (χ1n) is 4.97. The van der Waals surface area contributed by atoms with Gasteiger partial charge in [0.1, 0.15) is 5.75 Å². The van der Waals surface area contributed by atoms with Crippen molar-refractivity contribution in [1.82, 2.24) is 0 Å². The molecule has 2 rings (SSSR count). The van der Waals surface area contributed by atoms with E-state index in [1.807, 2.05) is 36.4 Å². The van der Waals surface area contributed by atoms with E-state index in [2.05, 4.69) is 0 Å². The van der Waals surface area contributed by atoms with Crippen molar-refractivity contribution in [2.75, 3.05) is 7.11 Å². The lowest BCUT2D eigenvalue weighted by molar-refractivity contribution is 0.196. The van der Waals surface area contributed by atoms with Gasteiger partial charge in [0.2, 0.25) is 0 Å². The lowest BCUT2D eigenvalue weighted by atomic mass is 10.00. The number of hydrogen-bond donors (Lipinski definition) is 1. The molecule has 0 fully saturated rings. The van der Waals surface area contributed by atoms with Crippen LogP contribution in [0.4, 0.5) is 0 Å². The van der Waals surface area contributed by atoms with Gasteiger partial charge in [-0.3, -0.25) is 0 Å². The van der Waals surface area contributed by atoms with E-state index in [4.69, 9.17) is 4.74 Å². The molecule has 0 aromatic heterocycles. The molecule has 2 heteroatoms. The van der Waals surface area contributed by atoms with E-state index in [0.29, 0.717) is 0 Å². The van der Waals surface area contributed by atoms with Gasteiger partial charge >= 0.3 is 0 Å². The van der Waals surface area contributed by atoms with Gasteiger partial charge in [0.15, 0.2) is 0 Å². The second-order valence-electron chi connectivity index (χ2n) is 3.58. The summed E-state index contributed by atoms with van der Waals surface area (Å²) in [6.45, 7) is 1.75. The predicted octanol–water partition coefficient (Wildman–Crippen LogP) is 2.90. The molecular formula is C13H14O2. The first-order chi connectivity index (χ1) is 7.24. The highest BCUT2D eigenvalue weighted by molar-refractivity contribution is 5.88. The van der Waals surface area contributed by atoms with E-state index in [9.17, 15) is 5.11 Å². The summed E-state index contributed by atoms with van der Waals surface area (Å²) in [6.07, 6.45) is -0.522. The maximum absolute atomic E-state index is 9.75. The molecule has 0 bridgehead atoms. The third-order valence-corrected chi connectivity index (χ3v) is 2.57. The summed E-state index contributed by atoms with van der Waals surface area (Å²) in [5.74, 6) is 0.740. The van der Waals surface area contributed by atoms with Gasteiger partial charge in [-0.05, 0) is 23.8 Å². The third-order valence-electron chi connectivity index (χ3n) is 2.57. The van der Waals surface area contributed by atoms with Crippen LogP contribution in [0, 0.1) is 0 Å². The number of benzene rings is 2. The Morgan fingerprint density at radius 2 is 1.87 bits per heavy atom. The normalized spacial score (nSPS) is 12.7. The standard InChI is InChI=1S/C13H14O2/c1-9(14)13-11-6-4-3-5-10(11)7-8-12(13)15-2/h3-9,14H,1-2H3. The van der Waals surface area contributed by atoms with Crippen LogP contribution in [0.5, 0.6) is 5.75 Å². The monoisotopic (exact) mass is 202 g/mol. The maximum Gasteiger partial charge on any atom is 0.125 e. The van der Waals surface area contributed by atoms with Gasteiger partial charge in [-0.2, -0.15) is 0 Å². The fourth-order valence-corrected chi connectivity index (χ4v) is 1.88. The Hall–Kier alpha value is -1.54. The zero-order valence-electron chi connectivity index (χ0n) is 8.90. The van der Waals surface area contributed by atoms with Crippen molar-refractivity contribution in [3.8, 4) is 5.75 Å². The average Bonchev–Trinajstić information content (AvgIpc) is 2.27. The SMILES string of the molecule is COc1ccc2ccccc2c1C(C)O. The topological polar surface area (TPSA) is 29.5 Å². The third kappa shape index (κ3) is 1.68. The van der Waals surface area contributed by atoms with Crippen molar-refractivity contribution in [3.05, 3.63) is 42.0 Å². The molecule has 1 N–H and O–H groups in total. The van der Waals surface area contributed by atoms with Gasteiger partial charge in [-0.25, -0.2) is 0 Å². The van der Waals surface area contributed by atoms with Crippen molar-refractivity contribution in [1.29, 1.82) is 0 Å². The maximum atomic E-state index is 9.75. The Kier molecular flexibility index (Phi) is 2.60. The largest absolute Gasteiger partial charge is 0.496 e. The second-order valence-corrected chi connectivity index (χ2v) is 3.58. The van der Waals surface area contributed by atoms with Crippen LogP contribution in [0.25, 0.3) is 10.8 Å². The van der Waals surface area contributed by atoms with Crippen LogP contribution in [-0.4, -0.2) is 12.2 Å². The van der Waals surface area contributed by atoms with Crippen LogP contribution in [0.15, 0.2) is 36.4 Å². The highest BCUT2D eigenvalue weighted by Crippen LogP contribution is 2.32. The number of fused-ring (bicyclic) bond motifs is 1. The number of ether oxygens (including phenoxy) is 1. The minimum Gasteiger partial charge on any atom is -0.496 e. The smallest absolute Gasteiger partial charge is 0.125 e. The molecule has 1 atom stereocenters. The molecule has 0 saturated carbocycles. The Bertz CT molecular complexity index is 475. The first-order valence-corrected chi connectivity index (χ1v) is 4.97. The molecule has 0 heterocycles. The van der Waals surface area contributed by atoms with Crippen LogP contribution in [0.3, 0.4) is 0 Å². The molecule has 0 radical (unpaired) electrons. The lowest BCUT2D eigenvalue weighted by Gasteiger charge is -2.14. The van der Waals surface area contributed by atoms with Gasteiger partial charge in [-0.1, -0.05) is 30.3 Å². The molecule has 15 heavy (non-hydrogen) atoms. The zero-order valence-corrected chi connectivity index (χ0v) is 8.90. The van der Waals surface area contributed by atoms with E-state index in [0.717, 1.165) is 22.1 Å². The molecule has 0 aliphatic carbocycles. The molecule has 2 aromatic rings. The molecule has 0 aliphatic rings. The van der Waals surface area contributed by atoms with Crippen molar-refractivity contribution in [2.24, 2.45) is 0 Å². The highest BCUT2D eigenvalue weighted by Gasteiger charge is 2.12. The summed E-state index contributed by atoms with van der Waals surface area (Å²) in [4.78, 5) is 0. The van der Waals surface area contributed by atoms with Gasteiger partial charge < -0.3 is 9.84 Å². The van der Waals surface area contributed by atoms with E-state index >= 15 is 0 Å². The van der Waals surface area contributed by atoms with Gasteiger partial charge in [0.25, 0.3) is 0 Å². The number of aliphatic hydroxyl groups is 1. The first kappa shape index (κ1) is 9.99. The lowest BCUT2D eigenvalue weighted by Crippen LogP contribution is -1.97. The van der Waals surface area contributed by atoms with Crippen molar-refractivity contribution in [2.45, 2.75) is 13.0 Å². The molecular weight excluding hydrogens is 188 g/mol. The molecule has 1 unspecified atom stereocenters.